The predicted molar refractivity (Wildman–Crippen MR) is 71.7 cm³/mol. The van der Waals surface area contributed by atoms with Crippen LogP contribution in [0.1, 0.15) is 30.9 Å². The molecule has 4 nitrogen and oxygen atoms in total. The van der Waals surface area contributed by atoms with Crippen LogP contribution < -0.4 is 0 Å². The Morgan fingerprint density at radius 2 is 2.00 bits per heavy atom. The van der Waals surface area contributed by atoms with Gasteiger partial charge >= 0.3 is 5.97 Å². The van der Waals surface area contributed by atoms with Gasteiger partial charge in [0.05, 0.1) is 5.92 Å². The van der Waals surface area contributed by atoms with E-state index in [0.29, 0.717) is 6.54 Å². The van der Waals surface area contributed by atoms with E-state index in [-0.39, 0.29) is 12.5 Å². The van der Waals surface area contributed by atoms with Gasteiger partial charge in [0, 0.05) is 19.2 Å². The molecule has 0 aliphatic carbocycles. The number of carbonyl (C=O) groups excluding carboxylic acids is 1. The first-order valence-corrected chi connectivity index (χ1v) is 6.23. The lowest BCUT2D eigenvalue weighted by atomic mass is 9.90. The van der Waals surface area contributed by atoms with Gasteiger partial charge in [-0.25, -0.2) is 0 Å². The molecule has 1 heterocycles. The Kier molecular flexibility index (Phi) is 3.69. The number of benzene rings is 1. The smallest absolute Gasteiger partial charge is 0.312 e. The molecule has 100 valence electrons. The van der Waals surface area contributed by atoms with Gasteiger partial charge in [0.15, 0.2) is 0 Å². The van der Waals surface area contributed by atoms with Gasteiger partial charge < -0.3 is 10.0 Å². The van der Waals surface area contributed by atoms with Gasteiger partial charge in [0.1, 0.15) is 0 Å². The molecule has 1 aromatic rings. The molecule has 1 aliphatic rings. The normalized spacial score (nSPS) is 17.6. The molecule has 1 N–H and O–H groups in total. The number of carbonyl (C=O) groups is 2. The Labute approximate surface area is 112 Å². The highest BCUT2D eigenvalue weighted by atomic mass is 16.4. The van der Waals surface area contributed by atoms with E-state index in [1.54, 1.807) is 11.0 Å². The van der Waals surface area contributed by atoms with Gasteiger partial charge in [0.25, 0.3) is 0 Å². The molecule has 0 spiro atoms. The summed E-state index contributed by atoms with van der Waals surface area (Å²) >= 11 is 0. The number of allylic oxidation sites excluding steroid dienone is 1. The van der Waals surface area contributed by atoms with Gasteiger partial charge in [-0.05, 0) is 25.0 Å². The van der Waals surface area contributed by atoms with Crippen molar-refractivity contribution < 1.29 is 14.7 Å². The highest BCUT2D eigenvalue weighted by Crippen LogP contribution is 2.28. The second kappa shape index (κ2) is 5.26. The lowest BCUT2D eigenvalue weighted by Gasteiger charge is -2.32. The highest BCUT2D eigenvalue weighted by Gasteiger charge is 2.31. The molecule has 0 saturated heterocycles. The second-order valence-corrected chi connectivity index (χ2v) is 5.03. The Morgan fingerprint density at radius 1 is 1.32 bits per heavy atom. The molecule has 1 unspecified atom stereocenters. The van der Waals surface area contributed by atoms with Gasteiger partial charge in [-0.3, -0.25) is 9.59 Å². The van der Waals surface area contributed by atoms with Gasteiger partial charge in [0.2, 0.25) is 5.91 Å². The number of amides is 1. The summed E-state index contributed by atoms with van der Waals surface area (Å²) in [5.41, 5.74) is 2.64. The average Bonchev–Trinajstić information content (AvgIpc) is 2.36. The van der Waals surface area contributed by atoms with Crippen molar-refractivity contribution in [3.05, 3.63) is 47.0 Å². The number of fused-ring (bicyclic) bond motifs is 1. The highest BCUT2D eigenvalue weighted by molar-refractivity contribution is 5.89. The van der Waals surface area contributed by atoms with Crippen molar-refractivity contribution in [3.63, 3.8) is 0 Å². The molecule has 4 heteroatoms. The SMILES string of the molecule is CC(C)=CC(=O)N1Cc2ccccc2C(C(=O)O)C1. The van der Waals surface area contributed by atoms with Crippen LogP contribution >= 0.6 is 0 Å². The Bertz CT molecular complexity index is 544. The lowest BCUT2D eigenvalue weighted by molar-refractivity contribution is -0.140. The average molecular weight is 259 g/mol. The molecular formula is C15H17NO3. The van der Waals surface area contributed by atoms with Crippen molar-refractivity contribution in [2.24, 2.45) is 0 Å². The summed E-state index contributed by atoms with van der Waals surface area (Å²) in [6.07, 6.45) is 1.55. The summed E-state index contributed by atoms with van der Waals surface area (Å²) in [7, 11) is 0. The molecule has 1 aliphatic heterocycles. The van der Waals surface area contributed by atoms with Crippen LogP contribution in [0.15, 0.2) is 35.9 Å². The van der Waals surface area contributed by atoms with Crippen LogP contribution in [-0.4, -0.2) is 28.4 Å². The Morgan fingerprint density at radius 3 is 2.63 bits per heavy atom. The monoisotopic (exact) mass is 259 g/mol. The number of nitrogens with zero attached hydrogens (tertiary/aromatic N) is 1. The first-order chi connectivity index (χ1) is 8.99. The van der Waals surface area contributed by atoms with Crippen LogP contribution in [0.5, 0.6) is 0 Å². The second-order valence-electron chi connectivity index (χ2n) is 5.03. The van der Waals surface area contributed by atoms with Crippen molar-refractivity contribution in [2.75, 3.05) is 6.54 Å². The topological polar surface area (TPSA) is 57.6 Å². The van der Waals surface area contributed by atoms with E-state index in [9.17, 15) is 14.7 Å². The fourth-order valence-electron chi connectivity index (χ4n) is 2.32. The zero-order chi connectivity index (χ0) is 14.0. The fraction of sp³-hybridized carbons (Fsp3) is 0.333. The Hall–Kier alpha value is -2.10. The minimum Gasteiger partial charge on any atom is -0.481 e. The predicted octanol–water partition coefficient (Wildman–Crippen LogP) is 2.16. The Balaban J connectivity index is 2.33. The van der Waals surface area contributed by atoms with Crippen LogP contribution in [0.4, 0.5) is 0 Å². The van der Waals surface area contributed by atoms with Crippen molar-refractivity contribution in [3.8, 4) is 0 Å². The maximum Gasteiger partial charge on any atom is 0.312 e. The molecule has 0 bridgehead atoms. The third kappa shape index (κ3) is 2.84. The zero-order valence-electron chi connectivity index (χ0n) is 11.1. The minimum absolute atomic E-state index is 0.124. The summed E-state index contributed by atoms with van der Waals surface area (Å²) in [6, 6.07) is 7.42. The van der Waals surface area contributed by atoms with Crippen LogP contribution in [0, 0.1) is 0 Å². The molecule has 1 amide bonds. The summed E-state index contributed by atoms with van der Waals surface area (Å²) in [4.78, 5) is 25.0. The molecule has 0 fully saturated rings. The number of rotatable bonds is 2. The molecule has 0 radical (unpaired) electrons. The minimum atomic E-state index is -0.887. The molecule has 1 atom stereocenters. The van der Waals surface area contributed by atoms with E-state index in [4.69, 9.17) is 0 Å². The first-order valence-electron chi connectivity index (χ1n) is 6.23. The van der Waals surface area contributed by atoms with E-state index >= 15 is 0 Å². The molecule has 0 aromatic heterocycles. The van der Waals surface area contributed by atoms with E-state index in [1.807, 2.05) is 38.1 Å². The van der Waals surface area contributed by atoms with Crippen LogP contribution in [-0.2, 0) is 16.1 Å². The summed E-state index contributed by atoms with van der Waals surface area (Å²) in [6.45, 7) is 4.41. The number of hydrogen-bond donors (Lipinski definition) is 1. The fourth-order valence-corrected chi connectivity index (χ4v) is 2.32. The third-order valence-corrected chi connectivity index (χ3v) is 3.22. The van der Waals surface area contributed by atoms with Crippen molar-refractivity contribution in [1.82, 2.24) is 4.90 Å². The maximum absolute atomic E-state index is 12.0. The molecular weight excluding hydrogens is 242 g/mol. The molecule has 1 aromatic carbocycles. The van der Waals surface area contributed by atoms with Gasteiger partial charge in [-0.2, -0.15) is 0 Å². The van der Waals surface area contributed by atoms with Crippen LogP contribution in [0.3, 0.4) is 0 Å². The van der Waals surface area contributed by atoms with Gasteiger partial charge in [-0.1, -0.05) is 29.8 Å². The van der Waals surface area contributed by atoms with Crippen LogP contribution in [0.2, 0.25) is 0 Å². The van der Waals surface area contributed by atoms with Crippen molar-refractivity contribution in [1.29, 1.82) is 0 Å². The number of aliphatic carboxylic acids is 1. The lowest BCUT2D eigenvalue weighted by Crippen LogP contribution is -2.39. The standard InChI is InChI=1S/C15H17NO3/c1-10(2)7-14(17)16-8-11-5-3-4-6-12(11)13(9-16)15(18)19/h3-7,13H,8-9H2,1-2H3,(H,18,19). The number of carboxylic acid groups (broad SMARTS) is 1. The third-order valence-electron chi connectivity index (χ3n) is 3.22. The van der Waals surface area contributed by atoms with Gasteiger partial charge in [-0.15, -0.1) is 0 Å². The first kappa shape index (κ1) is 13.3. The molecule has 2 rings (SSSR count). The van der Waals surface area contributed by atoms with Crippen molar-refractivity contribution in [2.45, 2.75) is 26.3 Å². The van der Waals surface area contributed by atoms with Crippen LogP contribution in [0.25, 0.3) is 0 Å². The van der Waals surface area contributed by atoms with Crippen molar-refractivity contribution >= 4 is 11.9 Å². The molecule has 0 saturated carbocycles. The van der Waals surface area contributed by atoms with E-state index < -0.39 is 11.9 Å². The van der Waals surface area contributed by atoms with E-state index in [1.165, 1.54) is 0 Å². The largest absolute Gasteiger partial charge is 0.481 e. The quantitative estimate of drug-likeness (QED) is 0.828. The summed E-state index contributed by atoms with van der Waals surface area (Å²) in [5, 5.41) is 9.31. The number of hydrogen-bond acceptors (Lipinski definition) is 2. The summed E-state index contributed by atoms with van der Waals surface area (Å²) in [5.74, 6) is -1.65. The maximum atomic E-state index is 12.0. The van der Waals surface area contributed by atoms with E-state index in [2.05, 4.69) is 0 Å². The molecule has 19 heavy (non-hydrogen) atoms. The number of carboxylic acids is 1. The zero-order valence-corrected chi connectivity index (χ0v) is 11.1. The summed E-state index contributed by atoms with van der Waals surface area (Å²) < 4.78 is 0. The van der Waals surface area contributed by atoms with E-state index in [0.717, 1.165) is 16.7 Å².